The maximum atomic E-state index is 14.0. The highest BCUT2D eigenvalue weighted by atomic mass is 32.1. The van der Waals surface area contributed by atoms with Crippen molar-refractivity contribution in [3.05, 3.63) is 28.5 Å². The lowest BCUT2D eigenvalue weighted by Crippen LogP contribution is -2.62. The third-order valence-electron chi connectivity index (χ3n) is 5.86. The number of rotatable bonds is 8. The number of anilines is 1. The molecule has 3 heterocycles. The summed E-state index contributed by atoms with van der Waals surface area (Å²) < 4.78 is 65.7. The molecule has 1 aliphatic rings. The van der Waals surface area contributed by atoms with Crippen LogP contribution in [0.25, 0.3) is 10.4 Å². The van der Waals surface area contributed by atoms with Crippen molar-refractivity contribution in [1.82, 2.24) is 20.2 Å². The predicted molar refractivity (Wildman–Crippen MR) is 126 cm³/mol. The number of hydrogen-bond acceptors (Lipinski definition) is 9. The van der Waals surface area contributed by atoms with Crippen molar-refractivity contribution in [3.63, 3.8) is 0 Å². The van der Waals surface area contributed by atoms with Crippen molar-refractivity contribution in [2.75, 3.05) is 18.4 Å². The zero-order valence-electron chi connectivity index (χ0n) is 20.4. The summed E-state index contributed by atoms with van der Waals surface area (Å²) >= 11 is 0.467. The van der Waals surface area contributed by atoms with Crippen LogP contribution < -0.4 is 10.6 Å². The second-order valence-electron chi connectivity index (χ2n) is 9.30. The monoisotopic (exact) mass is 567 g/mol. The minimum atomic E-state index is -4.63. The largest absolute Gasteiger partial charge is 0.405 e. The molecule has 3 rings (SSSR count). The van der Waals surface area contributed by atoms with E-state index in [1.165, 1.54) is 4.90 Å². The van der Waals surface area contributed by atoms with Gasteiger partial charge in [0.05, 0.1) is 4.88 Å². The number of halogens is 5. The van der Waals surface area contributed by atoms with Crippen molar-refractivity contribution in [2.24, 2.45) is 0 Å². The molecule has 10 nitrogen and oxygen atoms in total. The van der Waals surface area contributed by atoms with Gasteiger partial charge in [0.1, 0.15) is 23.7 Å². The molecule has 2 amide bonds. The number of hydrogen-bond donors (Lipinski definition) is 5. The highest BCUT2D eigenvalue weighted by Crippen LogP contribution is 2.39. The van der Waals surface area contributed by atoms with Crippen LogP contribution in [0.5, 0.6) is 0 Å². The van der Waals surface area contributed by atoms with Crippen LogP contribution in [0.4, 0.5) is 27.8 Å². The quantitative estimate of drug-likeness (QED) is 0.242. The molecule has 1 aliphatic heterocycles. The molecule has 38 heavy (non-hydrogen) atoms. The van der Waals surface area contributed by atoms with Crippen molar-refractivity contribution < 1.29 is 46.9 Å². The molecule has 16 heteroatoms. The van der Waals surface area contributed by atoms with Crippen molar-refractivity contribution in [3.8, 4) is 10.4 Å². The lowest BCUT2D eigenvalue weighted by atomic mass is 10.1. The number of nitrogens with zero attached hydrogens (tertiary/aromatic N) is 3. The molecule has 210 valence electrons. The van der Waals surface area contributed by atoms with Gasteiger partial charge in [0.25, 0.3) is 24.2 Å². The van der Waals surface area contributed by atoms with Crippen LogP contribution in [0.3, 0.4) is 0 Å². The Morgan fingerprint density at radius 3 is 2.42 bits per heavy atom. The summed E-state index contributed by atoms with van der Waals surface area (Å²) in [7, 11) is 0. The maximum Gasteiger partial charge on any atom is 0.405 e. The van der Waals surface area contributed by atoms with E-state index in [-0.39, 0.29) is 16.5 Å². The van der Waals surface area contributed by atoms with Crippen molar-refractivity contribution >= 4 is 29.0 Å². The Kier molecular flexibility index (Phi) is 8.31. The number of likely N-dealkylation sites (tertiary alicyclic amines) is 1. The van der Waals surface area contributed by atoms with Gasteiger partial charge in [0, 0.05) is 29.9 Å². The molecule has 2 aromatic rings. The minimum Gasteiger partial charge on any atom is -0.383 e. The molecule has 1 unspecified atom stereocenters. The standard InChI is InChI=1S/C22H26F5N5O5S/c1-10-5-4-6-32(10)19(34)14-15(38-18(30-14)17(33)31-22(36,37)20(2,3)35)12-8-28-13(7-11(12)16(23)24)29-9-21(25,26)27/h7-8,10,16,35-37H,4-6,9H2,1-3H3,(H,28,29)(H,31,33). The normalized spacial score (nSPS) is 16.7. The van der Waals surface area contributed by atoms with Gasteiger partial charge in [0.15, 0.2) is 5.01 Å². The minimum absolute atomic E-state index is 0.214. The number of carbonyl (C=O) groups excluding carboxylic acids is 2. The third-order valence-corrected chi connectivity index (χ3v) is 6.95. The topological polar surface area (TPSA) is 148 Å². The average Bonchev–Trinajstić information content (AvgIpc) is 3.42. The second kappa shape index (κ2) is 10.7. The predicted octanol–water partition coefficient (Wildman–Crippen LogP) is 2.88. The van der Waals surface area contributed by atoms with E-state index < -0.39 is 64.6 Å². The molecule has 0 bridgehead atoms. The highest BCUT2D eigenvalue weighted by Gasteiger charge is 2.43. The van der Waals surface area contributed by atoms with Gasteiger partial charge < -0.3 is 25.5 Å². The molecular formula is C22H26F5N5O5S. The van der Waals surface area contributed by atoms with Gasteiger partial charge in [0.2, 0.25) is 0 Å². The van der Waals surface area contributed by atoms with Gasteiger partial charge in [-0.2, -0.15) is 13.2 Å². The van der Waals surface area contributed by atoms with E-state index in [0.717, 1.165) is 20.0 Å². The first-order valence-electron chi connectivity index (χ1n) is 11.3. The molecule has 1 saturated heterocycles. The number of amides is 2. The van der Waals surface area contributed by atoms with E-state index in [1.807, 2.05) is 5.32 Å². The van der Waals surface area contributed by atoms with E-state index in [2.05, 4.69) is 9.97 Å². The van der Waals surface area contributed by atoms with E-state index in [4.69, 9.17) is 0 Å². The Labute approximate surface area is 217 Å². The Bertz CT molecular complexity index is 1200. The van der Waals surface area contributed by atoms with Gasteiger partial charge in [-0.25, -0.2) is 18.7 Å². The van der Waals surface area contributed by atoms with Gasteiger partial charge >= 0.3 is 6.18 Å². The summed E-state index contributed by atoms with van der Waals surface area (Å²) in [5.74, 6) is -5.51. The Morgan fingerprint density at radius 1 is 1.24 bits per heavy atom. The lowest BCUT2D eigenvalue weighted by Gasteiger charge is -2.33. The van der Waals surface area contributed by atoms with Crippen LogP contribution in [0.1, 0.15) is 65.9 Å². The summed E-state index contributed by atoms with van der Waals surface area (Å²) in [6.07, 6.45) is -5.64. The molecule has 0 saturated carbocycles. The molecule has 0 radical (unpaired) electrons. The number of nitrogens with one attached hydrogen (secondary N) is 2. The Morgan fingerprint density at radius 2 is 1.89 bits per heavy atom. The Hall–Kier alpha value is -2.95. The number of pyridine rings is 1. The second-order valence-corrected chi connectivity index (χ2v) is 10.3. The SMILES string of the molecule is CC1CCCN1C(=O)c1nc(C(=O)NC(O)(O)C(C)(C)O)sc1-c1cnc(NCC(F)(F)F)cc1C(F)F. The van der Waals surface area contributed by atoms with Crippen LogP contribution in [0.2, 0.25) is 0 Å². The van der Waals surface area contributed by atoms with Gasteiger partial charge in [-0.1, -0.05) is 0 Å². The summed E-state index contributed by atoms with van der Waals surface area (Å²) in [6.45, 7) is 2.59. The Balaban J connectivity index is 2.10. The van der Waals surface area contributed by atoms with Crippen LogP contribution in [0.15, 0.2) is 12.3 Å². The van der Waals surface area contributed by atoms with E-state index in [1.54, 1.807) is 12.2 Å². The molecule has 5 N–H and O–H groups in total. The molecule has 0 aliphatic carbocycles. The first-order chi connectivity index (χ1) is 17.4. The van der Waals surface area contributed by atoms with Crippen LogP contribution in [0, 0.1) is 0 Å². The highest BCUT2D eigenvalue weighted by molar-refractivity contribution is 7.17. The van der Waals surface area contributed by atoms with Crippen molar-refractivity contribution in [1.29, 1.82) is 0 Å². The van der Waals surface area contributed by atoms with Gasteiger partial charge in [-0.05, 0) is 39.7 Å². The van der Waals surface area contributed by atoms with Crippen LogP contribution >= 0.6 is 11.3 Å². The van der Waals surface area contributed by atoms with Crippen molar-refractivity contribution in [2.45, 2.75) is 63.8 Å². The molecular weight excluding hydrogens is 541 g/mol. The smallest absolute Gasteiger partial charge is 0.383 e. The molecule has 2 aromatic heterocycles. The number of aliphatic hydroxyl groups is 3. The first kappa shape index (κ1) is 29.6. The lowest BCUT2D eigenvalue weighted by molar-refractivity contribution is -0.273. The van der Waals surface area contributed by atoms with Crippen LogP contribution in [-0.2, 0) is 0 Å². The zero-order chi connectivity index (χ0) is 28.6. The fraction of sp³-hybridized carbons (Fsp3) is 0.545. The molecule has 0 aromatic carbocycles. The van der Waals surface area contributed by atoms with Gasteiger partial charge in [-0.3, -0.25) is 14.9 Å². The van der Waals surface area contributed by atoms with Crippen LogP contribution in [-0.4, -0.2) is 78.8 Å². The fourth-order valence-electron chi connectivity index (χ4n) is 3.61. The van der Waals surface area contributed by atoms with E-state index in [9.17, 15) is 46.9 Å². The summed E-state index contributed by atoms with van der Waals surface area (Å²) in [4.78, 5) is 35.1. The van der Waals surface area contributed by atoms with E-state index in [0.29, 0.717) is 36.8 Å². The molecule has 1 fully saturated rings. The summed E-state index contributed by atoms with van der Waals surface area (Å²) in [5, 5.41) is 33.1. The maximum absolute atomic E-state index is 14.0. The molecule has 1 atom stereocenters. The average molecular weight is 568 g/mol. The summed E-state index contributed by atoms with van der Waals surface area (Å²) in [6, 6.07) is 0.493. The first-order valence-corrected chi connectivity index (χ1v) is 12.1. The number of alkyl halides is 5. The van der Waals surface area contributed by atoms with Gasteiger partial charge in [-0.15, -0.1) is 11.3 Å². The van der Waals surface area contributed by atoms with E-state index >= 15 is 0 Å². The zero-order valence-corrected chi connectivity index (χ0v) is 21.3. The fourth-order valence-corrected chi connectivity index (χ4v) is 4.59. The summed E-state index contributed by atoms with van der Waals surface area (Å²) in [5.41, 5.74) is -3.72. The number of thiazole rings is 1. The number of carbonyl (C=O) groups is 2. The molecule has 0 spiro atoms. The number of aromatic nitrogens is 2. The third kappa shape index (κ3) is 6.54.